The zero-order chi connectivity index (χ0) is 25.8. The molecule has 0 aliphatic carbocycles. The van der Waals surface area contributed by atoms with Crippen molar-refractivity contribution in [2.45, 2.75) is 6.42 Å². The summed E-state index contributed by atoms with van der Waals surface area (Å²) in [5, 5.41) is 0. The molecule has 0 aromatic heterocycles. The standard InChI is InChI=1S/C29H27N3O5/c33-26(31-17-15-30(16-18-31)23-9-5-2-6-10-23)20-37-29(36)22-11-12-24-25(19-22)28(35)32(27(24)34)14-13-21-7-3-1-4-8-21/h1-12,19H,13-18,20H2. The number of amides is 3. The van der Waals surface area contributed by atoms with Crippen LogP contribution in [0.5, 0.6) is 0 Å². The Kier molecular flexibility index (Phi) is 6.98. The summed E-state index contributed by atoms with van der Waals surface area (Å²) in [6, 6.07) is 23.9. The number of piperazine rings is 1. The van der Waals surface area contributed by atoms with Crippen molar-refractivity contribution in [1.82, 2.24) is 9.80 Å². The molecule has 2 aliphatic heterocycles. The van der Waals surface area contributed by atoms with E-state index in [9.17, 15) is 19.2 Å². The molecule has 1 saturated heterocycles. The first-order chi connectivity index (χ1) is 18.0. The summed E-state index contributed by atoms with van der Waals surface area (Å²) in [4.78, 5) is 56.0. The molecular formula is C29H27N3O5. The normalized spacial score (nSPS) is 15.1. The fraction of sp³-hybridized carbons (Fsp3) is 0.241. The number of nitrogens with zero attached hydrogens (tertiary/aromatic N) is 3. The Labute approximate surface area is 215 Å². The second-order valence-electron chi connectivity index (χ2n) is 9.04. The Morgan fingerprint density at radius 1 is 0.757 bits per heavy atom. The van der Waals surface area contributed by atoms with Crippen molar-refractivity contribution >= 4 is 29.4 Å². The molecule has 0 saturated carbocycles. The van der Waals surface area contributed by atoms with Gasteiger partial charge in [-0.1, -0.05) is 48.5 Å². The quantitative estimate of drug-likeness (QED) is 0.368. The van der Waals surface area contributed by atoms with Crippen molar-refractivity contribution in [1.29, 1.82) is 0 Å². The molecule has 8 heteroatoms. The van der Waals surface area contributed by atoms with E-state index in [-0.39, 0.29) is 41.7 Å². The van der Waals surface area contributed by atoms with E-state index in [2.05, 4.69) is 4.90 Å². The molecule has 0 bridgehead atoms. The molecule has 2 heterocycles. The van der Waals surface area contributed by atoms with Gasteiger partial charge in [0, 0.05) is 38.4 Å². The Hall–Kier alpha value is -4.46. The van der Waals surface area contributed by atoms with Crippen molar-refractivity contribution in [2.75, 3.05) is 44.2 Å². The van der Waals surface area contributed by atoms with E-state index in [1.807, 2.05) is 60.7 Å². The van der Waals surface area contributed by atoms with Gasteiger partial charge in [-0.05, 0) is 42.3 Å². The molecule has 0 radical (unpaired) electrons. The van der Waals surface area contributed by atoms with Gasteiger partial charge in [0.25, 0.3) is 17.7 Å². The van der Waals surface area contributed by atoms with Crippen LogP contribution in [0.3, 0.4) is 0 Å². The Balaban J connectivity index is 1.15. The molecule has 5 rings (SSSR count). The second-order valence-corrected chi connectivity index (χ2v) is 9.04. The second kappa shape index (κ2) is 10.7. The van der Waals surface area contributed by atoms with Crippen molar-refractivity contribution in [3.05, 3.63) is 101 Å². The highest BCUT2D eigenvalue weighted by atomic mass is 16.5. The van der Waals surface area contributed by atoms with E-state index in [1.54, 1.807) is 4.90 Å². The first-order valence-electron chi connectivity index (χ1n) is 12.3. The molecule has 37 heavy (non-hydrogen) atoms. The van der Waals surface area contributed by atoms with Crippen LogP contribution in [0.25, 0.3) is 0 Å². The summed E-state index contributed by atoms with van der Waals surface area (Å²) in [6.07, 6.45) is 0.545. The molecule has 188 valence electrons. The number of anilines is 1. The molecule has 0 unspecified atom stereocenters. The minimum atomic E-state index is -0.706. The van der Waals surface area contributed by atoms with Crippen LogP contribution in [-0.4, -0.2) is 72.8 Å². The van der Waals surface area contributed by atoms with Crippen LogP contribution in [0.4, 0.5) is 5.69 Å². The first-order valence-corrected chi connectivity index (χ1v) is 12.3. The Bertz CT molecular complexity index is 1320. The van der Waals surface area contributed by atoms with Crippen LogP contribution in [0, 0.1) is 0 Å². The highest BCUT2D eigenvalue weighted by Crippen LogP contribution is 2.25. The van der Waals surface area contributed by atoms with Crippen LogP contribution < -0.4 is 4.90 Å². The molecule has 0 N–H and O–H groups in total. The summed E-state index contributed by atoms with van der Waals surface area (Å²) in [5.41, 5.74) is 2.71. The van der Waals surface area contributed by atoms with Crippen molar-refractivity contribution in [2.24, 2.45) is 0 Å². The molecule has 8 nitrogen and oxygen atoms in total. The molecule has 1 fully saturated rings. The van der Waals surface area contributed by atoms with E-state index in [1.165, 1.54) is 23.1 Å². The van der Waals surface area contributed by atoms with Crippen molar-refractivity contribution < 1.29 is 23.9 Å². The summed E-state index contributed by atoms with van der Waals surface area (Å²) < 4.78 is 5.26. The number of imide groups is 1. The van der Waals surface area contributed by atoms with Crippen molar-refractivity contribution in [3.63, 3.8) is 0 Å². The summed E-state index contributed by atoms with van der Waals surface area (Å²) in [6.45, 7) is 2.36. The van der Waals surface area contributed by atoms with Crippen LogP contribution in [0.2, 0.25) is 0 Å². The number of hydrogen-bond donors (Lipinski definition) is 0. The van der Waals surface area contributed by atoms with Gasteiger partial charge in [-0.3, -0.25) is 19.3 Å². The fourth-order valence-corrected chi connectivity index (χ4v) is 4.66. The van der Waals surface area contributed by atoms with Gasteiger partial charge >= 0.3 is 5.97 Å². The molecule has 0 spiro atoms. The van der Waals surface area contributed by atoms with Crippen molar-refractivity contribution in [3.8, 4) is 0 Å². The summed E-state index contributed by atoms with van der Waals surface area (Å²) >= 11 is 0. The van der Waals surface area contributed by atoms with Crippen LogP contribution in [0.15, 0.2) is 78.9 Å². The maximum atomic E-state index is 12.9. The minimum Gasteiger partial charge on any atom is -0.452 e. The van der Waals surface area contributed by atoms with E-state index < -0.39 is 11.9 Å². The smallest absolute Gasteiger partial charge is 0.338 e. The lowest BCUT2D eigenvalue weighted by molar-refractivity contribution is -0.134. The largest absolute Gasteiger partial charge is 0.452 e. The highest BCUT2D eigenvalue weighted by Gasteiger charge is 2.36. The maximum absolute atomic E-state index is 12.9. The van der Waals surface area contributed by atoms with Gasteiger partial charge in [0.1, 0.15) is 0 Å². The highest BCUT2D eigenvalue weighted by molar-refractivity contribution is 6.22. The van der Waals surface area contributed by atoms with Gasteiger partial charge in [-0.15, -0.1) is 0 Å². The SMILES string of the molecule is O=C(OCC(=O)N1CCN(c2ccccc2)CC1)c1ccc2c(c1)C(=O)N(CCc1ccccc1)C2=O. The minimum absolute atomic E-state index is 0.131. The van der Waals surface area contributed by atoms with Crippen LogP contribution in [0.1, 0.15) is 36.6 Å². The molecule has 3 amide bonds. The number of benzene rings is 3. The average Bonchev–Trinajstić information content (AvgIpc) is 3.19. The number of fused-ring (bicyclic) bond motifs is 1. The van der Waals surface area contributed by atoms with E-state index >= 15 is 0 Å². The van der Waals surface area contributed by atoms with Crippen LogP contribution in [-0.2, 0) is 16.0 Å². The lowest BCUT2D eigenvalue weighted by Gasteiger charge is -2.36. The van der Waals surface area contributed by atoms with Crippen LogP contribution >= 0.6 is 0 Å². The fourth-order valence-electron chi connectivity index (χ4n) is 4.66. The molecular weight excluding hydrogens is 470 g/mol. The number of carbonyl (C=O) groups is 4. The molecule has 0 atom stereocenters. The predicted molar refractivity (Wildman–Crippen MR) is 137 cm³/mol. The number of ether oxygens (including phenoxy) is 1. The number of rotatable bonds is 7. The van der Waals surface area contributed by atoms with Gasteiger partial charge in [-0.2, -0.15) is 0 Å². The summed E-state index contributed by atoms with van der Waals surface area (Å²) in [5.74, 6) is -1.78. The van der Waals surface area contributed by atoms with Gasteiger partial charge in [0.2, 0.25) is 0 Å². The van der Waals surface area contributed by atoms with Gasteiger partial charge in [0.05, 0.1) is 16.7 Å². The third kappa shape index (κ3) is 5.23. The lowest BCUT2D eigenvalue weighted by atomic mass is 10.1. The number of para-hydroxylation sites is 1. The maximum Gasteiger partial charge on any atom is 0.338 e. The molecule has 3 aromatic carbocycles. The lowest BCUT2D eigenvalue weighted by Crippen LogP contribution is -2.49. The zero-order valence-corrected chi connectivity index (χ0v) is 20.3. The van der Waals surface area contributed by atoms with Gasteiger partial charge in [0.15, 0.2) is 6.61 Å². The topological polar surface area (TPSA) is 87.2 Å². The number of hydrogen-bond acceptors (Lipinski definition) is 6. The monoisotopic (exact) mass is 497 g/mol. The third-order valence-corrected chi connectivity index (χ3v) is 6.75. The Morgan fingerprint density at radius 3 is 2.11 bits per heavy atom. The Morgan fingerprint density at radius 2 is 1.41 bits per heavy atom. The first kappa shape index (κ1) is 24.2. The number of carbonyl (C=O) groups excluding carboxylic acids is 4. The number of esters is 1. The van der Waals surface area contributed by atoms with Gasteiger partial charge < -0.3 is 14.5 Å². The summed E-state index contributed by atoms with van der Waals surface area (Å²) in [7, 11) is 0. The third-order valence-electron chi connectivity index (χ3n) is 6.75. The average molecular weight is 498 g/mol. The van der Waals surface area contributed by atoms with E-state index in [0.29, 0.717) is 32.6 Å². The van der Waals surface area contributed by atoms with E-state index in [0.717, 1.165) is 11.3 Å². The predicted octanol–water partition coefficient (Wildman–Crippen LogP) is 3.03. The van der Waals surface area contributed by atoms with E-state index in [4.69, 9.17) is 4.74 Å². The molecule has 3 aromatic rings. The molecule has 2 aliphatic rings. The van der Waals surface area contributed by atoms with Gasteiger partial charge in [-0.25, -0.2) is 4.79 Å². The zero-order valence-electron chi connectivity index (χ0n) is 20.3.